The first-order valence-electron chi connectivity index (χ1n) is 8.68. The van der Waals surface area contributed by atoms with Gasteiger partial charge in [-0.1, -0.05) is 29.8 Å². The Kier molecular flexibility index (Phi) is 6.62. The van der Waals surface area contributed by atoms with Crippen LogP contribution in [0.15, 0.2) is 69.7 Å². The lowest BCUT2D eigenvalue weighted by molar-refractivity contribution is -0.136. The lowest BCUT2D eigenvalue weighted by Gasteiger charge is -2.26. The highest BCUT2D eigenvalue weighted by Gasteiger charge is 2.31. The second kappa shape index (κ2) is 9.01. The number of aliphatic imine (C=N–C) groups is 1. The maximum atomic E-state index is 12.6. The molecule has 0 amide bonds. The van der Waals surface area contributed by atoms with E-state index < -0.39 is 17.5 Å². The Morgan fingerprint density at radius 1 is 1.23 bits per heavy atom. The van der Waals surface area contributed by atoms with Gasteiger partial charge >= 0.3 is 11.5 Å². The zero-order valence-electron chi connectivity index (χ0n) is 15.9. The van der Waals surface area contributed by atoms with Gasteiger partial charge in [0.05, 0.1) is 12.7 Å². The molecule has 2 N–H and O–H groups in total. The summed E-state index contributed by atoms with van der Waals surface area (Å²) in [5.41, 5.74) is -2.42. The maximum absolute atomic E-state index is 12.6. The third kappa shape index (κ3) is 5.48. The summed E-state index contributed by atoms with van der Waals surface area (Å²) in [6.45, 7) is 1.70. The number of methoxy groups -OCH3 is 1. The highest BCUT2D eigenvalue weighted by Crippen LogP contribution is 2.38. The molecule has 0 spiro atoms. The first kappa shape index (κ1) is 22.0. The van der Waals surface area contributed by atoms with Crippen LogP contribution in [0.3, 0.4) is 0 Å². The topological polar surface area (TPSA) is 62.7 Å². The predicted molar refractivity (Wildman–Crippen MR) is 111 cm³/mol. The number of allylic oxidation sites excluding steroid dienone is 1. The van der Waals surface area contributed by atoms with Gasteiger partial charge < -0.3 is 15.4 Å². The van der Waals surface area contributed by atoms with E-state index in [9.17, 15) is 18.0 Å². The second-order valence-corrected chi connectivity index (χ2v) is 7.86. The molecule has 1 aliphatic heterocycles. The summed E-state index contributed by atoms with van der Waals surface area (Å²) in [5, 5.41) is 6.48. The molecule has 2 aromatic carbocycles. The van der Waals surface area contributed by atoms with E-state index in [1.165, 1.54) is 25.3 Å². The van der Waals surface area contributed by atoms with E-state index in [4.69, 9.17) is 16.3 Å². The van der Waals surface area contributed by atoms with Gasteiger partial charge in [-0.3, -0.25) is 0 Å². The molecule has 1 heterocycles. The first-order chi connectivity index (χ1) is 14.2. The van der Waals surface area contributed by atoms with Gasteiger partial charge in [-0.2, -0.15) is 13.2 Å². The number of anilines is 1. The molecule has 2 aromatic rings. The summed E-state index contributed by atoms with van der Waals surface area (Å²) in [6.07, 6.45) is 0. The van der Waals surface area contributed by atoms with Crippen LogP contribution in [0.2, 0.25) is 5.02 Å². The zero-order chi connectivity index (χ0) is 21.9. The van der Waals surface area contributed by atoms with E-state index in [-0.39, 0.29) is 22.6 Å². The zero-order valence-corrected chi connectivity index (χ0v) is 17.5. The number of halogens is 4. The molecular weight excluding hydrogens is 439 g/mol. The number of carbonyl (C=O) groups excluding carboxylic acids is 1. The van der Waals surface area contributed by atoms with Crippen molar-refractivity contribution >= 4 is 41.0 Å². The molecule has 1 aliphatic rings. The van der Waals surface area contributed by atoms with Gasteiger partial charge in [0, 0.05) is 21.3 Å². The Morgan fingerprint density at radius 3 is 2.57 bits per heavy atom. The molecule has 158 valence electrons. The molecule has 0 saturated heterocycles. The molecule has 0 bridgehead atoms. The predicted octanol–water partition coefficient (Wildman–Crippen LogP) is 5.51. The Hall–Kier alpha value is -2.65. The van der Waals surface area contributed by atoms with Gasteiger partial charge in [0.1, 0.15) is 6.04 Å². The van der Waals surface area contributed by atoms with Crippen molar-refractivity contribution in [2.24, 2.45) is 4.99 Å². The summed E-state index contributed by atoms with van der Waals surface area (Å²) in [6, 6.07) is 12.1. The van der Waals surface area contributed by atoms with Crippen LogP contribution in [0, 0.1) is 0 Å². The van der Waals surface area contributed by atoms with Gasteiger partial charge in [-0.05, 0) is 54.6 Å². The highest BCUT2D eigenvalue weighted by atomic mass is 35.5. The van der Waals surface area contributed by atoms with Crippen molar-refractivity contribution in [1.29, 1.82) is 0 Å². The molecule has 0 aromatic heterocycles. The number of benzene rings is 2. The Labute approximate surface area is 180 Å². The fourth-order valence-corrected chi connectivity index (χ4v) is 3.63. The summed E-state index contributed by atoms with van der Waals surface area (Å²) in [4.78, 5) is 16.9. The van der Waals surface area contributed by atoms with E-state index in [2.05, 4.69) is 15.6 Å². The number of hydrogen-bond acceptors (Lipinski definition) is 6. The van der Waals surface area contributed by atoms with E-state index in [1.807, 2.05) is 0 Å². The standard InChI is InChI=1S/C20H17ClF3N3O2S/c1-11-16(18(28)29-2)17(12-6-8-13(21)9-7-12)27-19(25-11)26-14-4-3-5-15(10-14)30-20(22,23)24/h3-10,17H,1-2H3,(H2,25,26,27)/t17-/m0/s1. The monoisotopic (exact) mass is 455 g/mol. The number of nitrogens with one attached hydrogen (secondary N) is 2. The smallest absolute Gasteiger partial charge is 0.446 e. The summed E-state index contributed by atoms with van der Waals surface area (Å²) >= 11 is 5.76. The lowest BCUT2D eigenvalue weighted by atomic mass is 9.96. The van der Waals surface area contributed by atoms with Crippen LogP contribution in [-0.4, -0.2) is 24.5 Å². The number of alkyl halides is 3. The summed E-state index contributed by atoms with van der Waals surface area (Å²) in [5.74, 6) is -0.249. The number of rotatable bonds is 4. The van der Waals surface area contributed by atoms with Crippen molar-refractivity contribution in [3.8, 4) is 0 Å². The minimum absolute atomic E-state index is 0.0423. The average molecular weight is 456 g/mol. The second-order valence-electron chi connectivity index (χ2n) is 6.29. The van der Waals surface area contributed by atoms with Crippen molar-refractivity contribution in [3.05, 3.63) is 70.4 Å². The normalized spacial score (nSPS) is 16.6. The quantitative estimate of drug-likeness (QED) is 0.470. The summed E-state index contributed by atoms with van der Waals surface area (Å²) < 4.78 is 42.8. The molecule has 1 atom stereocenters. The molecular formula is C20H17ClF3N3O2S. The molecule has 5 nitrogen and oxygen atoms in total. The Morgan fingerprint density at radius 2 is 1.93 bits per heavy atom. The fraction of sp³-hybridized carbons (Fsp3) is 0.200. The molecule has 0 unspecified atom stereocenters. The summed E-state index contributed by atoms with van der Waals surface area (Å²) in [7, 11) is 1.28. The SMILES string of the molecule is COC(=O)C1=C(C)NC(Nc2cccc(SC(F)(F)F)c2)=N[C@H]1c1ccc(Cl)cc1. The van der Waals surface area contributed by atoms with Gasteiger partial charge in [0.2, 0.25) is 5.96 Å². The molecule has 3 rings (SSSR count). The van der Waals surface area contributed by atoms with E-state index in [0.717, 1.165) is 0 Å². The lowest BCUT2D eigenvalue weighted by Crippen LogP contribution is -2.36. The van der Waals surface area contributed by atoms with Gasteiger partial charge in [-0.15, -0.1) is 0 Å². The Bertz CT molecular complexity index is 1010. The van der Waals surface area contributed by atoms with Crippen LogP contribution < -0.4 is 10.6 Å². The maximum Gasteiger partial charge on any atom is 0.446 e. The number of thioether (sulfide) groups is 1. The van der Waals surface area contributed by atoms with Gasteiger partial charge in [0.25, 0.3) is 0 Å². The number of esters is 1. The van der Waals surface area contributed by atoms with Crippen molar-refractivity contribution in [3.63, 3.8) is 0 Å². The van der Waals surface area contributed by atoms with Crippen LogP contribution in [-0.2, 0) is 9.53 Å². The van der Waals surface area contributed by atoms with E-state index in [1.54, 1.807) is 37.3 Å². The third-order valence-electron chi connectivity index (χ3n) is 4.16. The fourth-order valence-electron chi connectivity index (χ4n) is 2.91. The number of carbonyl (C=O) groups is 1. The van der Waals surface area contributed by atoms with Gasteiger partial charge in [-0.25, -0.2) is 9.79 Å². The Balaban J connectivity index is 1.92. The number of hydrogen-bond donors (Lipinski definition) is 2. The molecule has 0 fully saturated rings. The molecule has 0 radical (unpaired) electrons. The van der Waals surface area contributed by atoms with Crippen molar-refractivity contribution in [1.82, 2.24) is 5.32 Å². The third-order valence-corrected chi connectivity index (χ3v) is 5.14. The van der Waals surface area contributed by atoms with Crippen molar-refractivity contribution in [2.75, 3.05) is 12.4 Å². The molecule has 10 heteroatoms. The van der Waals surface area contributed by atoms with Crippen LogP contribution in [0.1, 0.15) is 18.5 Å². The molecule has 0 saturated carbocycles. The van der Waals surface area contributed by atoms with Crippen LogP contribution >= 0.6 is 23.4 Å². The number of nitrogens with zero attached hydrogens (tertiary/aromatic N) is 1. The van der Waals surface area contributed by atoms with Crippen molar-refractivity contribution in [2.45, 2.75) is 23.4 Å². The van der Waals surface area contributed by atoms with E-state index >= 15 is 0 Å². The van der Waals surface area contributed by atoms with Gasteiger partial charge in [0.15, 0.2) is 0 Å². The molecule has 30 heavy (non-hydrogen) atoms. The minimum Gasteiger partial charge on any atom is -0.466 e. The number of ether oxygens (including phenoxy) is 1. The van der Waals surface area contributed by atoms with E-state index in [0.29, 0.717) is 27.5 Å². The largest absolute Gasteiger partial charge is 0.466 e. The minimum atomic E-state index is -4.38. The molecule has 0 aliphatic carbocycles. The first-order valence-corrected chi connectivity index (χ1v) is 9.88. The van der Waals surface area contributed by atoms with Crippen LogP contribution in [0.5, 0.6) is 0 Å². The van der Waals surface area contributed by atoms with Crippen molar-refractivity contribution < 1.29 is 22.7 Å². The van der Waals surface area contributed by atoms with Crippen LogP contribution in [0.4, 0.5) is 18.9 Å². The average Bonchev–Trinajstić information content (AvgIpc) is 2.66. The number of guanidine groups is 1. The highest BCUT2D eigenvalue weighted by molar-refractivity contribution is 8.00. The van der Waals surface area contributed by atoms with Crippen LogP contribution in [0.25, 0.3) is 0 Å².